The average molecular weight is 270 g/mol. The van der Waals surface area contributed by atoms with Gasteiger partial charge in [0.15, 0.2) is 0 Å². The number of halogens is 1. The lowest BCUT2D eigenvalue weighted by molar-refractivity contribution is 0.174. The molecule has 102 valence electrons. The highest BCUT2D eigenvalue weighted by Gasteiger charge is 2.14. The minimum atomic E-state index is 0.488. The zero-order valence-electron chi connectivity index (χ0n) is 11.8. The standard InChI is InChI=1S/C14H24ClN3/c1-5-18(11(2)9-17(3)4)10-12-8-13(16)6-7-14(12)15/h6-8,11H,5,9-10,16H2,1-4H3. The van der Waals surface area contributed by atoms with E-state index in [9.17, 15) is 0 Å². The number of benzene rings is 1. The molecule has 1 aromatic rings. The third-order valence-corrected chi connectivity index (χ3v) is 3.47. The van der Waals surface area contributed by atoms with Crippen molar-refractivity contribution in [2.45, 2.75) is 26.4 Å². The SMILES string of the molecule is CCN(Cc1cc(N)ccc1Cl)C(C)CN(C)C. The van der Waals surface area contributed by atoms with E-state index in [0.717, 1.165) is 35.9 Å². The van der Waals surface area contributed by atoms with E-state index < -0.39 is 0 Å². The number of likely N-dealkylation sites (N-methyl/N-ethyl adjacent to an activating group) is 2. The van der Waals surface area contributed by atoms with Crippen molar-refractivity contribution in [2.75, 3.05) is 32.9 Å². The van der Waals surface area contributed by atoms with Crippen molar-refractivity contribution in [1.29, 1.82) is 0 Å². The second kappa shape index (κ2) is 6.98. The zero-order chi connectivity index (χ0) is 13.7. The van der Waals surface area contributed by atoms with E-state index in [4.69, 9.17) is 17.3 Å². The Balaban J connectivity index is 2.76. The number of nitrogen functional groups attached to an aromatic ring is 1. The third kappa shape index (κ3) is 4.48. The van der Waals surface area contributed by atoms with Crippen LogP contribution in [0.1, 0.15) is 19.4 Å². The molecule has 2 N–H and O–H groups in total. The van der Waals surface area contributed by atoms with Gasteiger partial charge >= 0.3 is 0 Å². The summed E-state index contributed by atoms with van der Waals surface area (Å²) in [6.07, 6.45) is 0. The third-order valence-electron chi connectivity index (χ3n) is 3.10. The van der Waals surface area contributed by atoms with E-state index >= 15 is 0 Å². The van der Waals surface area contributed by atoms with Crippen molar-refractivity contribution >= 4 is 17.3 Å². The monoisotopic (exact) mass is 269 g/mol. The summed E-state index contributed by atoms with van der Waals surface area (Å²) in [5.74, 6) is 0. The number of anilines is 1. The Bertz CT molecular complexity index is 379. The molecule has 0 bridgehead atoms. The molecule has 0 fully saturated rings. The minimum absolute atomic E-state index is 0.488. The number of nitrogens with zero attached hydrogens (tertiary/aromatic N) is 2. The molecular formula is C14H24ClN3. The summed E-state index contributed by atoms with van der Waals surface area (Å²) in [7, 11) is 4.19. The Kier molecular flexibility index (Phi) is 5.93. The number of hydrogen-bond donors (Lipinski definition) is 1. The van der Waals surface area contributed by atoms with Crippen molar-refractivity contribution in [3.05, 3.63) is 28.8 Å². The van der Waals surface area contributed by atoms with Crippen LogP contribution >= 0.6 is 11.6 Å². The fourth-order valence-electron chi connectivity index (χ4n) is 2.16. The first kappa shape index (κ1) is 15.3. The van der Waals surface area contributed by atoms with Gasteiger partial charge in [-0.2, -0.15) is 0 Å². The van der Waals surface area contributed by atoms with E-state index in [2.05, 4.69) is 37.7 Å². The predicted molar refractivity (Wildman–Crippen MR) is 80.0 cm³/mol. The molecule has 1 atom stereocenters. The quantitative estimate of drug-likeness (QED) is 0.806. The Hall–Kier alpha value is -0.770. The molecular weight excluding hydrogens is 246 g/mol. The topological polar surface area (TPSA) is 32.5 Å². The van der Waals surface area contributed by atoms with Crippen molar-refractivity contribution in [3.8, 4) is 0 Å². The predicted octanol–water partition coefficient (Wildman–Crippen LogP) is 2.69. The van der Waals surface area contributed by atoms with Crippen LogP contribution in [0.15, 0.2) is 18.2 Å². The molecule has 18 heavy (non-hydrogen) atoms. The minimum Gasteiger partial charge on any atom is -0.399 e. The second-order valence-corrected chi connectivity index (χ2v) is 5.43. The molecule has 0 aliphatic rings. The molecule has 0 saturated heterocycles. The molecule has 0 radical (unpaired) electrons. The van der Waals surface area contributed by atoms with Crippen LogP contribution in [0, 0.1) is 0 Å². The summed E-state index contributed by atoms with van der Waals surface area (Å²) in [5.41, 5.74) is 7.69. The normalized spacial score (nSPS) is 13.3. The lowest BCUT2D eigenvalue weighted by Crippen LogP contribution is -2.39. The maximum Gasteiger partial charge on any atom is 0.0452 e. The van der Waals surface area contributed by atoms with Gasteiger partial charge in [0.2, 0.25) is 0 Å². The van der Waals surface area contributed by atoms with Crippen LogP contribution < -0.4 is 5.73 Å². The van der Waals surface area contributed by atoms with E-state index in [1.54, 1.807) is 0 Å². The molecule has 1 rings (SSSR count). The number of rotatable bonds is 6. The molecule has 0 aromatic heterocycles. The highest BCUT2D eigenvalue weighted by molar-refractivity contribution is 6.31. The molecule has 4 heteroatoms. The van der Waals surface area contributed by atoms with Crippen molar-refractivity contribution in [2.24, 2.45) is 0 Å². The fraction of sp³-hybridized carbons (Fsp3) is 0.571. The molecule has 0 aliphatic heterocycles. The fourth-order valence-corrected chi connectivity index (χ4v) is 2.34. The second-order valence-electron chi connectivity index (χ2n) is 5.03. The summed E-state index contributed by atoms with van der Waals surface area (Å²) in [4.78, 5) is 4.61. The van der Waals surface area contributed by atoms with Crippen LogP contribution in [-0.2, 0) is 6.54 Å². The Morgan fingerprint density at radius 2 is 2.00 bits per heavy atom. The van der Waals surface area contributed by atoms with E-state index in [1.165, 1.54) is 0 Å². The van der Waals surface area contributed by atoms with Gasteiger partial charge in [-0.3, -0.25) is 4.90 Å². The lowest BCUT2D eigenvalue weighted by atomic mass is 10.1. The molecule has 0 spiro atoms. The van der Waals surface area contributed by atoms with Crippen LogP contribution in [0.2, 0.25) is 5.02 Å². The summed E-state index contributed by atoms with van der Waals surface area (Å²) in [6, 6.07) is 6.16. The largest absolute Gasteiger partial charge is 0.399 e. The average Bonchev–Trinajstić information content (AvgIpc) is 2.29. The molecule has 0 saturated carbocycles. The van der Waals surface area contributed by atoms with E-state index in [-0.39, 0.29) is 0 Å². The highest BCUT2D eigenvalue weighted by atomic mass is 35.5. The van der Waals surface area contributed by atoms with Gasteiger partial charge in [-0.1, -0.05) is 18.5 Å². The van der Waals surface area contributed by atoms with Gasteiger partial charge in [-0.15, -0.1) is 0 Å². The molecule has 0 amide bonds. The van der Waals surface area contributed by atoms with Crippen LogP contribution in [0.5, 0.6) is 0 Å². The van der Waals surface area contributed by atoms with Gasteiger partial charge in [0, 0.05) is 29.8 Å². The first-order valence-electron chi connectivity index (χ1n) is 6.36. The van der Waals surface area contributed by atoms with E-state index in [0.29, 0.717) is 6.04 Å². The maximum absolute atomic E-state index is 6.22. The summed E-state index contributed by atoms with van der Waals surface area (Å²) in [5, 5.41) is 0.791. The van der Waals surface area contributed by atoms with Crippen molar-refractivity contribution in [1.82, 2.24) is 9.80 Å². The number of nitrogens with two attached hydrogens (primary N) is 1. The van der Waals surface area contributed by atoms with Crippen LogP contribution in [0.3, 0.4) is 0 Å². The Morgan fingerprint density at radius 1 is 1.33 bits per heavy atom. The van der Waals surface area contributed by atoms with Crippen LogP contribution in [0.25, 0.3) is 0 Å². The summed E-state index contributed by atoms with van der Waals surface area (Å²) < 4.78 is 0. The number of hydrogen-bond acceptors (Lipinski definition) is 3. The smallest absolute Gasteiger partial charge is 0.0452 e. The van der Waals surface area contributed by atoms with Gasteiger partial charge in [0.25, 0.3) is 0 Å². The summed E-state index contributed by atoms with van der Waals surface area (Å²) in [6.45, 7) is 7.29. The highest BCUT2D eigenvalue weighted by Crippen LogP contribution is 2.21. The maximum atomic E-state index is 6.22. The van der Waals surface area contributed by atoms with Crippen LogP contribution in [-0.4, -0.2) is 43.0 Å². The summed E-state index contributed by atoms with van der Waals surface area (Å²) >= 11 is 6.22. The van der Waals surface area contributed by atoms with Gasteiger partial charge in [0.05, 0.1) is 0 Å². The Labute approximate surface area is 116 Å². The van der Waals surface area contributed by atoms with Crippen molar-refractivity contribution < 1.29 is 0 Å². The zero-order valence-corrected chi connectivity index (χ0v) is 12.5. The van der Waals surface area contributed by atoms with Gasteiger partial charge < -0.3 is 10.6 Å². The van der Waals surface area contributed by atoms with E-state index in [1.807, 2.05) is 18.2 Å². The van der Waals surface area contributed by atoms with Gasteiger partial charge in [0.1, 0.15) is 0 Å². The van der Waals surface area contributed by atoms with Gasteiger partial charge in [-0.25, -0.2) is 0 Å². The lowest BCUT2D eigenvalue weighted by Gasteiger charge is -2.30. The Morgan fingerprint density at radius 3 is 2.56 bits per heavy atom. The first-order chi connectivity index (χ1) is 8.43. The molecule has 0 heterocycles. The molecule has 1 unspecified atom stereocenters. The molecule has 3 nitrogen and oxygen atoms in total. The van der Waals surface area contributed by atoms with Crippen molar-refractivity contribution in [3.63, 3.8) is 0 Å². The molecule has 0 aliphatic carbocycles. The van der Waals surface area contributed by atoms with Crippen LogP contribution in [0.4, 0.5) is 5.69 Å². The molecule has 1 aromatic carbocycles. The first-order valence-corrected chi connectivity index (χ1v) is 6.74. The van der Waals surface area contributed by atoms with Gasteiger partial charge in [-0.05, 0) is 51.3 Å².